The van der Waals surface area contributed by atoms with Crippen LogP contribution in [0.2, 0.25) is 0 Å². The Morgan fingerprint density at radius 1 is 1.07 bits per heavy atom. The normalized spacial score (nSPS) is 12.5. The average molecular weight is 419 g/mol. The number of hydrogen-bond acceptors (Lipinski definition) is 7. The minimum Gasteiger partial charge on any atom is -0.497 e. The summed E-state index contributed by atoms with van der Waals surface area (Å²) in [5, 5.41) is 2.54. The summed E-state index contributed by atoms with van der Waals surface area (Å²) in [5.74, 6) is 0.698. The van der Waals surface area contributed by atoms with E-state index in [0.717, 1.165) is 5.56 Å². The third kappa shape index (κ3) is 7.32. The van der Waals surface area contributed by atoms with Crippen LogP contribution in [0, 0.1) is 0 Å². The number of alkyl carbamates (subject to hydrolysis) is 1. The summed E-state index contributed by atoms with van der Waals surface area (Å²) in [4.78, 5) is 24.8. The molecule has 1 amide bonds. The molecule has 2 aromatic rings. The summed E-state index contributed by atoms with van der Waals surface area (Å²) in [5.41, 5.74) is 7.76. The quantitative estimate of drug-likeness (QED) is 0.452. The number of ether oxygens (including phenoxy) is 3. The molecule has 7 nitrogen and oxygen atoms in total. The van der Waals surface area contributed by atoms with E-state index in [-0.39, 0.29) is 13.2 Å². The largest absolute Gasteiger partial charge is 0.497 e. The van der Waals surface area contributed by atoms with Gasteiger partial charge in [-0.15, -0.1) is 0 Å². The van der Waals surface area contributed by atoms with Gasteiger partial charge in [-0.25, -0.2) is 9.59 Å². The second kappa shape index (κ2) is 12.0. The fourth-order valence-corrected chi connectivity index (χ4v) is 2.77. The molecule has 3 N–H and O–H groups in total. The first kappa shape index (κ1) is 22.6. The molecule has 0 aliphatic heterocycles. The molecular weight excluding hydrogens is 392 g/mol. The number of carbonyl (C=O) groups excluding carboxylic acids is 2. The highest BCUT2D eigenvalue weighted by molar-refractivity contribution is 7.98. The molecular formula is C21H26N2O5S. The van der Waals surface area contributed by atoms with Crippen molar-refractivity contribution in [1.29, 1.82) is 0 Å². The molecule has 156 valence electrons. The predicted octanol–water partition coefficient (Wildman–Crippen LogP) is 2.90. The summed E-state index contributed by atoms with van der Waals surface area (Å²) in [7, 11) is 1.56. The molecule has 2 aromatic carbocycles. The lowest BCUT2D eigenvalue weighted by Gasteiger charge is -2.23. The smallest absolute Gasteiger partial charge is 0.408 e. The van der Waals surface area contributed by atoms with E-state index >= 15 is 0 Å². The van der Waals surface area contributed by atoms with Gasteiger partial charge in [0.25, 0.3) is 0 Å². The van der Waals surface area contributed by atoms with Gasteiger partial charge in [-0.1, -0.05) is 42.5 Å². The maximum Gasteiger partial charge on any atom is 0.408 e. The number of carbonyl (C=O) groups is 2. The van der Waals surface area contributed by atoms with Crippen molar-refractivity contribution in [1.82, 2.24) is 5.32 Å². The summed E-state index contributed by atoms with van der Waals surface area (Å²) in [6.45, 7) is 0.311. The van der Waals surface area contributed by atoms with Crippen LogP contribution < -0.4 is 15.8 Å². The molecule has 0 fully saturated rings. The lowest BCUT2D eigenvalue weighted by molar-refractivity contribution is -0.146. The van der Waals surface area contributed by atoms with Crippen LogP contribution in [0.15, 0.2) is 54.6 Å². The SMILES string of the molecule is COc1ccc([C@H](N)[C@@H](NC(=O)OCc2ccccc2)C(=O)OCCSC)cc1. The molecule has 0 heterocycles. The molecule has 0 aliphatic carbocycles. The molecule has 0 saturated heterocycles. The fraction of sp³-hybridized carbons (Fsp3) is 0.333. The third-order valence-electron chi connectivity index (χ3n) is 4.13. The Morgan fingerprint density at radius 3 is 2.38 bits per heavy atom. The van der Waals surface area contributed by atoms with E-state index in [2.05, 4.69) is 5.32 Å². The number of methoxy groups -OCH3 is 1. The number of esters is 1. The third-order valence-corrected chi connectivity index (χ3v) is 4.71. The van der Waals surface area contributed by atoms with Crippen molar-refractivity contribution in [3.63, 3.8) is 0 Å². The zero-order valence-corrected chi connectivity index (χ0v) is 17.3. The number of amides is 1. The van der Waals surface area contributed by atoms with Crippen LogP contribution in [0.4, 0.5) is 4.79 Å². The van der Waals surface area contributed by atoms with E-state index in [4.69, 9.17) is 19.9 Å². The minimum absolute atomic E-state index is 0.0820. The topological polar surface area (TPSA) is 99.9 Å². The summed E-state index contributed by atoms with van der Waals surface area (Å²) < 4.78 is 15.6. The van der Waals surface area contributed by atoms with Gasteiger partial charge in [-0.05, 0) is 29.5 Å². The van der Waals surface area contributed by atoms with Crippen LogP contribution in [0.1, 0.15) is 17.2 Å². The molecule has 0 saturated carbocycles. The lowest BCUT2D eigenvalue weighted by atomic mass is 10.00. The van der Waals surface area contributed by atoms with Gasteiger partial charge in [0.2, 0.25) is 0 Å². The van der Waals surface area contributed by atoms with Gasteiger partial charge in [0, 0.05) is 5.75 Å². The van der Waals surface area contributed by atoms with E-state index in [0.29, 0.717) is 17.1 Å². The van der Waals surface area contributed by atoms with E-state index in [1.54, 1.807) is 43.1 Å². The summed E-state index contributed by atoms with van der Waals surface area (Å²) in [6, 6.07) is 14.3. The van der Waals surface area contributed by atoms with Crippen molar-refractivity contribution in [2.24, 2.45) is 5.73 Å². The van der Waals surface area contributed by atoms with Crippen LogP contribution in [-0.2, 0) is 20.9 Å². The van der Waals surface area contributed by atoms with Gasteiger partial charge in [-0.2, -0.15) is 11.8 Å². The van der Waals surface area contributed by atoms with Gasteiger partial charge in [0.15, 0.2) is 0 Å². The first-order valence-corrected chi connectivity index (χ1v) is 10.5. The number of hydrogen-bond donors (Lipinski definition) is 2. The maximum atomic E-state index is 12.6. The second-order valence-corrected chi connectivity index (χ2v) is 7.13. The molecule has 8 heteroatoms. The van der Waals surface area contributed by atoms with E-state index in [9.17, 15) is 9.59 Å². The molecule has 29 heavy (non-hydrogen) atoms. The Balaban J connectivity index is 2.06. The molecule has 2 rings (SSSR count). The number of nitrogens with two attached hydrogens (primary N) is 1. The lowest BCUT2D eigenvalue weighted by Crippen LogP contribution is -2.48. The van der Waals surface area contributed by atoms with Crippen molar-refractivity contribution in [2.75, 3.05) is 25.7 Å². The Bertz CT molecular complexity index is 770. The summed E-state index contributed by atoms with van der Waals surface area (Å²) >= 11 is 1.55. The number of nitrogens with one attached hydrogen (secondary N) is 1. The van der Waals surface area contributed by atoms with Crippen molar-refractivity contribution < 1.29 is 23.8 Å². The summed E-state index contributed by atoms with van der Waals surface area (Å²) in [6.07, 6.45) is 1.16. The molecule has 0 aliphatic rings. The van der Waals surface area contributed by atoms with Crippen LogP contribution >= 0.6 is 11.8 Å². The number of thioether (sulfide) groups is 1. The number of benzene rings is 2. The van der Waals surface area contributed by atoms with Crippen molar-refractivity contribution in [2.45, 2.75) is 18.7 Å². The molecule has 0 spiro atoms. The molecule has 0 unspecified atom stereocenters. The van der Waals surface area contributed by atoms with Gasteiger partial charge < -0.3 is 25.3 Å². The van der Waals surface area contributed by atoms with E-state index < -0.39 is 24.1 Å². The van der Waals surface area contributed by atoms with Crippen LogP contribution in [0.5, 0.6) is 5.75 Å². The van der Waals surface area contributed by atoms with E-state index in [1.165, 1.54) is 0 Å². The second-order valence-electron chi connectivity index (χ2n) is 6.14. The zero-order chi connectivity index (χ0) is 21.1. The van der Waals surface area contributed by atoms with Crippen LogP contribution in [0.3, 0.4) is 0 Å². The first-order chi connectivity index (χ1) is 14.0. The van der Waals surface area contributed by atoms with Crippen LogP contribution in [-0.4, -0.2) is 43.8 Å². The molecule has 0 radical (unpaired) electrons. The molecule has 0 aromatic heterocycles. The highest BCUT2D eigenvalue weighted by atomic mass is 32.2. The van der Waals surface area contributed by atoms with Crippen molar-refractivity contribution in [3.8, 4) is 5.75 Å². The molecule has 2 atom stereocenters. The van der Waals surface area contributed by atoms with Crippen LogP contribution in [0.25, 0.3) is 0 Å². The zero-order valence-electron chi connectivity index (χ0n) is 16.5. The Labute approximate surface area is 174 Å². The predicted molar refractivity (Wildman–Crippen MR) is 113 cm³/mol. The minimum atomic E-state index is -1.09. The van der Waals surface area contributed by atoms with Gasteiger partial charge >= 0.3 is 12.1 Å². The highest BCUT2D eigenvalue weighted by Gasteiger charge is 2.30. The van der Waals surface area contributed by atoms with Crippen molar-refractivity contribution in [3.05, 3.63) is 65.7 Å². The standard InChI is InChI=1S/C21H26N2O5S/c1-26-17-10-8-16(9-11-17)18(22)19(20(24)27-12-13-29-2)23-21(25)28-14-15-6-4-3-5-7-15/h3-11,18-19H,12-14,22H2,1-2H3,(H,23,25)/t18-,19+/m0/s1. The Morgan fingerprint density at radius 2 is 1.76 bits per heavy atom. The monoisotopic (exact) mass is 418 g/mol. The fourth-order valence-electron chi connectivity index (χ4n) is 2.52. The van der Waals surface area contributed by atoms with Gasteiger partial charge in [0.1, 0.15) is 25.0 Å². The van der Waals surface area contributed by atoms with Gasteiger partial charge in [0.05, 0.1) is 13.2 Å². The van der Waals surface area contributed by atoms with E-state index in [1.807, 2.05) is 36.6 Å². The van der Waals surface area contributed by atoms with Gasteiger partial charge in [-0.3, -0.25) is 0 Å². The molecule has 0 bridgehead atoms. The first-order valence-electron chi connectivity index (χ1n) is 9.07. The average Bonchev–Trinajstić information content (AvgIpc) is 2.76. The highest BCUT2D eigenvalue weighted by Crippen LogP contribution is 2.19. The Kier molecular flexibility index (Phi) is 9.33. The maximum absolute atomic E-state index is 12.6. The Hall–Kier alpha value is -2.71. The number of rotatable bonds is 10. The van der Waals surface area contributed by atoms with Crippen molar-refractivity contribution >= 4 is 23.8 Å².